The number of carbonyl (C=O) groups excluding carboxylic acids is 1. The van der Waals surface area contributed by atoms with Crippen molar-refractivity contribution in [2.45, 2.75) is 38.5 Å². The molecule has 0 radical (unpaired) electrons. The summed E-state index contributed by atoms with van der Waals surface area (Å²) < 4.78 is 1.39. The maximum absolute atomic E-state index is 12.6. The van der Waals surface area contributed by atoms with E-state index in [1.807, 2.05) is 11.3 Å². The number of carbonyl (C=O) groups is 1. The van der Waals surface area contributed by atoms with Crippen molar-refractivity contribution in [2.75, 3.05) is 50.7 Å². The molecule has 3 heterocycles. The molecule has 0 N–H and O–H groups in total. The van der Waals surface area contributed by atoms with E-state index >= 15 is 0 Å². The van der Waals surface area contributed by atoms with Crippen LogP contribution in [-0.2, 0) is 4.79 Å². The molecule has 2 aliphatic heterocycles. The van der Waals surface area contributed by atoms with Crippen molar-refractivity contribution < 1.29 is 4.79 Å². The van der Waals surface area contributed by atoms with Crippen molar-refractivity contribution in [2.24, 2.45) is 11.8 Å². The molecular formula is C24H33N3OS. The topological polar surface area (TPSA) is 26.8 Å². The monoisotopic (exact) mass is 411 g/mol. The molecule has 3 fully saturated rings. The molecule has 0 bridgehead atoms. The quantitative estimate of drug-likeness (QED) is 0.657. The summed E-state index contributed by atoms with van der Waals surface area (Å²) in [5, 5.41) is 3.60. The van der Waals surface area contributed by atoms with Gasteiger partial charge in [0.15, 0.2) is 0 Å². The summed E-state index contributed by atoms with van der Waals surface area (Å²) in [7, 11) is 0. The van der Waals surface area contributed by atoms with Crippen LogP contribution in [0.3, 0.4) is 0 Å². The van der Waals surface area contributed by atoms with Crippen LogP contribution in [0.4, 0.5) is 5.69 Å². The minimum Gasteiger partial charge on any atom is -0.368 e. The van der Waals surface area contributed by atoms with Crippen LogP contribution in [0.25, 0.3) is 10.1 Å². The Kier molecular flexibility index (Phi) is 5.78. The Balaban J connectivity index is 1.05. The lowest BCUT2D eigenvalue weighted by Crippen LogP contribution is -2.46. The molecule has 1 aromatic carbocycles. The number of hydrogen-bond acceptors (Lipinski definition) is 4. The van der Waals surface area contributed by atoms with Gasteiger partial charge in [0.2, 0.25) is 5.91 Å². The summed E-state index contributed by atoms with van der Waals surface area (Å²) in [6.07, 6.45) is 7.36. The highest BCUT2D eigenvalue weighted by Gasteiger charge is 2.40. The Labute approximate surface area is 178 Å². The maximum Gasteiger partial charge on any atom is 0.226 e. The second-order valence-electron chi connectivity index (χ2n) is 9.08. The fourth-order valence-electron chi connectivity index (χ4n) is 5.66. The second kappa shape index (κ2) is 8.65. The third-order valence-electron chi connectivity index (χ3n) is 7.33. The molecule has 156 valence electrons. The third kappa shape index (κ3) is 4.04. The van der Waals surface area contributed by atoms with E-state index in [1.54, 1.807) is 0 Å². The first-order chi connectivity index (χ1) is 14.3. The largest absolute Gasteiger partial charge is 0.368 e. The molecule has 1 saturated carbocycles. The smallest absolute Gasteiger partial charge is 0.226 e. The Morgan fingerprint density at radius 3 is 2.66 bits per heavy atom. The Hall–Kier alpha value is -1.59. The average molecular weight is 412 g/mol. The van der Waals surface area contributed by atoms with Gasteiger partial charge < -0.3 is 9.80 Å². The van der Waals surface area contributed by atoms with Crippen LogP contribution in [0.1, 0.15) is 38.5 Å². The fourth-order valence-corrected chi connectivity index (χ4v) is 6.47. The number of fused-ring (bicyclic) bond motifs is 2. The number of thiophene rings is 1. The van der Waals surface area contributed by atoms with E-state index in [9.17, 15) is 4.79 Å². The molecule has 5 heteroatoms. The minimum absolute atomic E-state index is 0.365. The van der Waals surface area contributed by atoms with Crippen LogP contribution in [0.2, 0.25) is 0 Å². The molecule has 2 aromatic rings. The number of rotatable bonds is 6. The predicted octanol–water partition coefficient (Wildman–Crippen LogP) is 4.45. The molecule has 2 saturated heterocycles. The van der Waals surface area contributed by atoms with Crippen molar-refractivity contribution in [3.05, 3.63) is 29.6 Å². The van der Waals surface area contributed by atoms with E-state index in [0.29, 0.717) is 17.7 Å². The van der Waals surface area contributed by atoms with Crippen molar-refractivity contribution >= 4 is 33.0 Å². The van der Waals surface area contributed by atoms with Crippen molar-refractivity contribution in [1.29, 1.82) is 0 Å². The first-order valence-corrected chi connectivity index (χ1v) is 12.4. The van der Waals surface area contributed by atoms with Crippen LogP contribution in [0.5, 0.6) is 0 Å². The molecule has 0 spiro atoms. The van der Waals surface area contributed by atoms with Crippen LogP contribution in [0.15, 0.2) is 29.6 Å². The lowest BCUT2D eigenvalue weighted by Gasteiger charge is -2.36. The number of piperazine rings is 1. The zero-order valence-corrected chi connectivity index (χ0v) is 18.2. The van der Waals surface area contributed by atoms with Crippen LogP contribution >= 0.6 is 11.3 Å². The number of benzene rings is 1. The first-order valence-electron chi connectivity index (χ1n) is 11.5. The molecule has 2 unspecified atom stereocenters. The van der Waals surface area contributed by atoms with E-state index in [0.717, 1.165) is 52.1 Å². The van der Waals surface area contributed by atoms with Gasteiger partial charge in [-0.2, -0.15) is 0 Å². The van der Waals surface area contributed by atoms with Crippen LogP contribution in [-0.4, -0.2) is 61.5 Å². The van der Waals surface area contributed by atoms with Gasteiger partial charge in [-0.15, -0.1) is 11.3 Å². The van der Waals surface area contributed by atoms with Crippen LogP contribution in [0, 0.1) is 11.8 Å². The molecule has 4 nitrogen and oxygen atoms in total. The summed E-state index contributed by atoms with van der Waals surface area (Å²) in [6.45, 7) is 7.71. The number of unbranched alkanes of at least 4 members (excludes halogenated alkanes) is 1. The SMILES string of the molecule is O=C1C2CCCCC2CN1CCCCN1CCN(c2cccc3sccc23)CC1. The average Bonchev–Trinajstić information content (AvgIpc) is 3.37. The van der Waals surface area contributed by atoms with Gasteiger partial charge in [-0.05, 0) is 61.7 Å². The molecule has 3 aliphatic rings. The lowest BCUT2D eigenvalue weighted by molar-refractivity contribution is -0.131. The normalized spacial score (nSPS) is 25.7. The summed E-state index contributed by atoms with van der Waals surface area (Å²) in [5.74, 6) is 1.49. The fraction of sp³-hybridized carbons (Fsp3) is 0.625. The zero-order valence-electron chi connectivity index (χ0n) is 17.4. The highest BCUT2D eigenvalue weighted by Crippen LogP contribution is 2.37. The van der Waals surface area contributed by atoms with E-state index in [4.69, 9.17) is 0 Å². The lowest BCUT2D eigenvalue weighted by atomic mass is 9.81. The molecule has 1 amide bonds. The Morgan fingerprint density at radius 2 is 1.79 bits per heavy atom. The highest BCUT2D eigenvalue weighted by atomic mass is 32.1. The van der Waals surface area contributed by atoms with Gasteiger partial charge in [0.1, 0.15) is 0 Å². The maximum atomic E-state index is 12.6. The van der Waals surface area contributed by atoms with E-state index in [-0.39, 0.29) is 0 Å². The van der Waals surface area contributed by atoms with Gasteiger partial charge in [0.05, 0.1) is 0 Å². The molecule has 29 heavy (non-hydrogen) atoms. The number of amides is 1. The number of likely N-dealkylation sites (tertiary alicyclic amines) is 1. The summed E-state index contributed by atoms with van der Waals surface area (Å²) in [6, 6.07) is 8.95. The summed E-state index contributed by atoms with van der Waals surface area (Å²) in [5.41, 5.74) is 1.40. The number of anilines is 1. The molecule has 5 rings (SSSR count). The Morgan fingerprint density at radius 1 is 0.966 bits per heavy atom. The van der Waals surface area contributed by atoms with Gasteiger partial charge in [0, 0.05) is 61.0 Å². The van der Waals surface area contributed by atoms with Crippen molar-refractivity contribution in [3.63, 3.8) is 0 Å². The van der Waals surface area contributed by atoms with Crippen LogP contribution < -0.4 is 4.90 Å². The summed E-state index contributed by atoms with van der Waals surface area (Å²) in [4.78, 5) is 19.9. The molecule has 2 atom stereocenters. The summed E-state index contributed by atoms with van der Waals surface area (Å²) >= 11 is 1.83. The van der Waals surface area contributed by atoms with Gasteiger partial charge in [-0.1, -0.05) is 18.9 Å². The van der Waals surface area contributed by atoms with Crippen molar-refractivity contribution in [1.82, 2.24) is 9.80 Å². The highest BCUT2D eigenvalue weighted by molar-refractivity contribution is 7.17. The molecule has 1 aliphatic carbocycles. The molecular weight excluding hydrogens is 378 g/mol. The predicted molar refractivity (Wildman–Crippen MR) is 122 cm³/mol. The Bertz CT molecular complexity index is 842. The van der Waals surface area contributed by atoms with E-state index in [2.05, 4.69) is 44.3 Å². The number of hydrogen-bond donors (Lipinski definition) is 0. The standard InChI is InChI=1S/C24H33N3OS/c28-24-20-7-2-1-6-19(20)18-27(24)12-4-3-11-25-13-15-26(16-14-25)22-8-5-9-23-21(22)10-17-29-23/h5,8-10,17,19-20H,1-4,6-7,11-16,18H2. The zero-order chi connectivity index (χ0) is 19.6. The first kappa shape index (κ1) is 19.4. The van der Waals surface area contributed by atoms with E-state index in [1.165, 1.54) is 48.0 Å². The second-order valence-corrected chi connectivity index (χ2v) is 10.0. The van der Waals surface area contributed by atoms with E-state index < -0.39 is 0 Å². The minimum atomic E-state index is 0.365. The molecule has 1 aromatic heterocycles. The number of nitrogens with zero attached hydrogens (tertiary/aromatic N) is 3. The van der Waals surface area contributed by atoms with Gasteiger partial charge in [0.25, 0.3) is 0 Å². The van der Waals surface area contributed by atoms with Gasteiger partial charge in [-0.25, -0.2) is 0 Å². The van der Waals surface area contributed by atoms with Gasteiger partial charge >= 0.3 is 0 Å². The van der Waals surface area contributed by atoms with Crippen molar-refractivity contribution in [3.8, 4) is 0 Å². The third-order valence-corrected chi connectivity index (χ3v) is 8.21. The van der Waals surface area contributed by atoms with Gasteiger partial charge in [-0.3, -0.25) is 9.69 Å².